The summed E-state index contributed by atoms with van der Waals surface area (Å²) in [7, 11) is 1.00. The van der Waals surface area contributed by atoms with E-state index in [-0.39, 0.29) is 24.0 Å². The van der Waals surface area contributed by atoms with Gasteiger partial charge in [0.05, 0.1) is 7.11 Å². The molecular weight excluding hydrogens is 291 g/mol. The molecule has 0 radical (unpaired) electrons. The molecular formula is C2H7IN2O7. The lowest BCUT2D eigenvalue weighted by molar-refractivity contribution is -0.766. The van der Waals surface area contributed by atoms with Crippen LogP contribution in [0.4, 0.5) is 0 Å². The summed E-state index contributed by atoms with van der Waals surface area (Å²) in [6.07, 6.45) is 0. The predicted molar refractivity (Wildman–Crippen MR) is 44.6 cm³/mol. The number of hydrogen-bond donors (Lipinski definition) is 1. The van der Waals surface area contributed by atoms with Gasteiger partial charge in [0.2, 0.25) is 0 Å². The van der Waals surface area contributed by atoms with Crippen molar-refractivity contribution in [3.05, 3.63) is 20.2 Å². The van der Waals surface area contributed by atoms with Crippen molar-refractivity contribution >= 4 is 24.0 Å². The molecule has 0 saturated heterocycles. The zero-order chi connectivity index (χ0) is 9.28. The molecule has 0 unspecified atom stereocenters. The largest absolute Gasteiger partial charge is 0.371 e. The highest BCUT2D eigenvalue weighted by Crippen LogP contribution is 1.64. The van der Waals surface area contributed by atoms with Crippen LogP contribution < -0.4 is 0 Å². The lowest BCUT2D eigenvalue weighted by atomic mass is 11.5. The Balaban J connectivity index is -0.000000126. The zero-order valence-corrected chi connectivity index (χ0v) is 8.24. The molecule has 10 heteroatoms. The summed E-state index contributed by atoms with van der Waals surface area (Å²) in [6, 6.07) is 0. The fourth-order valence-corrected chi connectivity index (χ4v) is 0.0471. The van der Waals surface area contributed by atoms with E-state index in [0.717, 1.165) is 7.11 Å². The Labute approximate surface area is 83.5 Å². The molecule has 0 fully saturated rings. The van der Waals surface area contributed by atoms with Crippen LogP contribution in [0.2, 0.25) is 0 Å². The van der Waals surface area contributed by atoms with Crippen molar-refractivity contribution in [1.82, 2.24) is 0 Å². The Morgan fingerprint density at radius 3 is 1.67 bits per heavy atom. The van der Waals surface area contributed by atoms with E-state index in [1.54, 1.807) is 0 Å². The number of nitrogens with zero attached hydrogens (tertiary/aromatic N) is 2. The van der Waals surface area contributed by atoms with E-state index >= 15 is 0 Å². The molecule has 0 aromatic heterocycles. The van der Waals surface area contributed by atoms with Crippen molar-refractivity contribution in [3.8, 4) is 0 Å². The fourth-order valence-electron chi connectivity index (χ4n) is 0.0471. The van der Waals surface area contributed by atoms with E-state index in [2.05, 4.69) is 9.68 Å². The van der Waals surface area contributed by atoms with Gasteiger partial charge in [0.1, 0.15) is 0 Å². The van der Waals surface area contributed by atoms with Crippen LogP contribution in [0.5, 0.6) is 0 Å². The second-order valence-corrected chi connectivity index (χ2v) is 0.888. The standard InChI is InChI=1S/CH3NO4.CH3NO3.HI/c3-1-6-2(4)5;1-5-2(3)4;/h3H,1H2;1H3;1H. The van der Waals surface area contributed by atoms with Gasteiger partial charge in [0.15, 0.2) is 6.79 Å². The van der Waals surface area contributed by atoms with E-state index in [4.69, 9.17) is 25.3 Å². The molecule has 0 aliphatic carbocycles. The lowest BCUT2D eigenvalue weighted by Gasteiger charge is -1.83. The molecule has 12 heavy (non-hydrogen) atoms. The highest BCUT2D eigenvalue weighted by atomic mass is 127. The normalized spacial score (nSPS) is 6.50. The quantitative estimate of drug-likeness (QED) is 0.325. The molecule has 0 aromatic carbocycles. The average Bonchev–Trinajstić information content (AvgIpc) is 1.89. The van der Waals surface area contributed by atoms with Gasteiger partial charge in [0, 0.05) is 0 Å². The third-order valence-electron chi connectivity index (χ3n) is 0.312. The molecule has 74 valence electrons. The second kappa shape index (κ2) is 12.7. The van der Waals surface area contributed by atoms with Gasteiger partial charge in [-0.1, -0.05) is 0 Å². The molecule has 0 aliphatic heterocycles. The first kappa shape index (κ1) is 17.3. The first-order valence-corrected chi connectivity index (χ1v) is 2.11. The molecule has 0 rings (SSSR count). The first-order valence-electron chi connectivity index (χ1n) is 2.11. The van der Waals surface area contributed by atoms with Gasteiger partial charge in [-0.15, -0.1) is 44.2 Å². The monoisotopic (exact) mass is 298 g/mol. The summed E-state index contributed by atoms with van der Waals surface area (Å²) in [5.74, 6) is 0. The Morgan fingerprint density at radius 2 is 1.67 bits per heavy atom. The maximum absolute atomic E-state index is 9.02. The van der Waals surface area contributed by atoms with Crippen LogP contribution in [-0.2, 0) is 9.68 Å². The first-order chi connectivity index (χ1) is 5.04. The van der Waals surface area contributed by atoms with Crippen LogP contribution in [0.15, 0.2) is 0 Å². The molecule has 0 bridgehead atoms. The molecule has 0 amide bonds. The second-order valence-electron chi connectivity index (χ2n) is 0.888. The Kier molecular flexibility index (Phi) is 18.3. The van der Waals surface area contributed by atoms with Gasteiger partial charge in [0.25, 0.3) is 10.2 Å². The number of aliphatic hydroxyl groups is 1. The Bertz CT molecular complexity index is 129. The summed E-state index contributed by atoms with van der Waals surface area (Å²) in [4.78, 5) is 24.8. The minimum Gasteiger partial charge on any atom is -0.371 e. The van der Waals surface area contributed by atoms with Crippen molar-refractivity contribution in [2.45, 2.75) is 0 Å². The summed E-state index contributed by atoms with van der Waals surface area (Å²) in [5, 5.41) is 23.6. The van der Waals surface area contributed by atoms with Gasteiger partial charge in [-0.25, -0.2) is 0 Å². The molecule has 0 aliphatic rings. The summed E-state index contributed by atoms with van der Waals surface area (Å²) in [6.45, 7) is -0.868. The number of hydrogen-bond acceptors (Lipinski definition) is 7. The SMILES string of the molecule is CO[N+](=O)[O-].I.O=[N+]([O-])OCO. The smallest absolute Gasteiger partial charge is 0.296 e. The van der Waals surface area contributed by atoms with Crippen LogP contribution in [0, 0.1) is 20.2 Å². The van der Waals surface area contributed by atoms with Gasteiger partial charge >= 0.3 is 0 Å². The summed E-state index contributed by atoms with van der Waals surface area (Å²) >= 11 is 0. The van der Waals surface area contributed by atoms with Crippen molar-refractivity contribution < 1.29 is 25.0 Å². The third-order valence-corrected chi connectivity index (χ3v) is 0.312. The molecule has 9 nitrogen and oxygen atoms in total. The highest BCUT2D eigenvalue weighted by molar-refractivity contribution is 14.0. The Morgan fingerprint density at radius 1 is 1.33 bits per heavy atom. The molecule has 0 heterocycles. The molecule has 0 atom stereocenters. The van der Waals surface area contributed by atoms with E-state index < -0.39 is 17.0 Å². The van der Waals surface area contributed by atoms with Gasteiger partial charge < -0.3 is 9.94 Å². The van der Waals surface area contributed by atoms with Crippen molar-refractivity contribution in [2.24, 2.45) is 0 Å². The lowest BCUT2D eigenvalue weighted by Crippen LogP contribution is -1.99. The van der Waals surface area contributed by atoms with Crippen molar-refractivity contribution in [2.75, 3.05) is 13.9 Å². The third kappa shape index (κ3) is 35.6. The van der Waals surface area contributed by atoms with E-state index in [1.165, 1.54) is 0 Å². The van der Waals surface area contributed by atoms with Gasteiger partial charge in [-0.05, 0) is 0 Å². The van der Waals surface area contributed by atoms with Crippen LogP contribution >= 0.6 is 24.0 Å². The van der Waals surface area contributed by atoms with Gasteiger partial charge in [-0.2, -0.15) is 0 Å². The number of rotatable bonds is 3. The predicted octanol–water partition coefficient (Wildman–Crippen LogP) is -0.413. The van der Waals surface area contributed by atoms with Crippen LogP contribution in [-0.4, -0.2) is 29.2 Å². The van der Waals surface area contributed by atoms with Crippen LogP contribution in [0.25, 0.3) is 0 Å². The number of halogens is 1. The molecule has 0 saturated carbocycles. The van der Waals surface area contributed by atoms with Gasteiger partial charge in [-0.3, -0.25) is 4.84 Å². The van der Waals surface area contributed by atoms with Crippen molar-refractivity contribution in [3.63, 3.8) is 0 Å². The van der Waals surface area contributed by atoms with E-state index in [1.807, 2.05) is 0 Å². The maximum Gasteiger partial charge on any atom is 0.296 e. The molecule has 0 aromatic rings. The van der Waals surface area contributed by atoms with Crippen LogP contribution in [0.1, 0.15) is 0 Å². The van der Waals surface area contributed by atoms with Crippen LogP contribution in [0.3, 0.4) is 0 Å². The highest BCUT2D eigenvalue weighted by Gasteiger charge is 1.84. The topological polar surface area (TPSA) is 125 Å². The van der Waals surface area contributed by atoms with E-state index in [9.17, 15) is 0 Å². The average molecular weight is 298 g/mol. The fraction of sp³-hybridized carbons (Fsp3) is 1.00. The number of aliphatic hydroxyl groups excluding tert-OH is 1. The Hall–Kier alpha value is -0.910. The molecule has 0 spiro atoms. The van der Waals surface area contributed by atoms with E-state index in [0.29, 0.717) is 0 Å². The maximum atomic E-state index is 9.02. The summed E-state index contributed by atoms with van der Waals surface area (Å²) < 4.78 is 0. The molecule has 1 N–H and O–H groups in total. The zero-order valence-electron chi connectivity index (χ0n) is 5.91. The minimum atomic E-state index is -1.07. The minimum absolute atomic E-state index is 0. The van der Waals surface area contributed by atoms with Crippen molar-refractivity contribution in [1.29, 1.82) is 0 Å². The summed E-state index contributed by atoms with van der Waals surface area (Å²) in [5.41, 5.74) is 0.